The summed E-state index contributed by atoms with van der Waals surface area (Å²) in [7, 11) is -2.43. The summed E-state index contributed by atoms with van der Waals surface area (Å²) in [4.78, 5) is 12.2. The van der Waals surface area contributed by atoms with Crippen molar-refractivity contribution in [3.05, 3.63) is 77.1 Å². The Balaban J connectivity index is 1.77. The minimum Gasteiger partial charge on any atom is -0.378 e. The molecular formula is C18H15ClN4O4S. The third-order valence-electron chi connectivity index (χ3n) is 3.63. The number of carbonyl (C=O) groups is 1. The Morgan fingerprint density at radius 1 is 1.18 bits per heavy atom. The summed E-state index contributed by atoms with van der Waals surface area (Å²) in [6.07, 6.45) is 2.62. The molecule has 3 rings (SSSR count). The lowest BCUT2D eigenvalue weighted by Crippen LogP contribution is -2.21. The highest BCUT2D eigenvalue weighted by Gasteiger charge is 2.18. The molecule has 2 aromatic carbocycles. The van der Waals surface area contributed by atoms with Gasteiger partial charge in [-0.05, 0) is 24.3 Å². The summed E-state index contributed by atoms with van der Waals surface area (Å²) in [5.41, 5.74) is 2.82. The zero-order chi connectivity index (χ0) is 20.1. The normalized spacial score (nSPS) is 11.5. The summed E-state index contributed by atoms with van der Waals surface area (Å²) in [5.74, 6) is -0.487. The minimum absolute atomic E-state index is 0.0286. The number of hydrogen-bond donors (Lipinski definition) is 1. The lowest BCUT2D eigenvalue weighted by molar-refractivity contribution is 0.0946. The molecule has 8 nitrogen and oxygen atoms in total. The summed E-state index contributed by atoms with van der Waals surface area (Å²) < 4.78 is 31.3. The van der Waals surface area contributed by atoms with Crippen LogP contribution in [0.2, 0.25) is 5.02 Å². The van der Waals surface area contributed by atoms with E-state index < -0.39 is 16.0 Å². The summed E-state index contributed by atoms with van der Waals surface area (Å²) in [6, 6.07) is 14.2. The number of nitrogens with zero attached hydrogens (tertiary/aromatic N) is 3. The second kappa shape index (κ2) is 8.24. The van der Waals surface area contributed by atoms with Gasteiger partial charge in [-0.25, -0.2) is 5.43 Å². The van der Waals surface area contributed by atoms with E-state index in [4.69, 9.17) is 15.8 Å². The van der Waals surface area contributed by atoms with Crippen molar-refractivity contribution in [2.45, 2.75) is 4.90 Å². The number of amides is 1. The number of nitrogens with one attached hydrogen (secondary N) is 1. The molecule has 0 bridgehead atoms. The zero-order valence-electron chi connectivity index (χ0n) is 14.6. The van der Waals surface area contributed by atoms with Crippen LogP contribution in [0.3, 0.4) is 0 Å². The smallest absolute Gasteiger partial charge is 0.339 e. The number of aryl methyl sites for hydroxylation is 1. The van der Waals surface area contributed by atoms with Gasteiger partial charge in [-0.15, -0.1) is 0 Å². The SMILES string of the molecule is Cn1ncc(Cl)c1C(=O)N/N=C/c1ccccc1OS(=O)(=O)c1ccccc1. The zero-order valence-corrected chi connectivity index (χ0v) is 16.2. The van der Waals surface area contributed by atoms with E-state index in [1.165, 1.54) is 35.3 Å². The molecule has 1 aromatic heterocycles. The fourth-order valence-electron chi connectivity index (χ4n) is 2.30. The average Bonchev–Trinajstić information content (AvgIpc) is 3.02. The highest BCUT2D eigenvalue weighted by atomic mass is 35.5. The maximum Gasteiger partial charge on any atom is 0.339 e. The Kier molecular flexibility index (Phi) is 5.76. The molecule has 28 heavy (non-hydrogen) atoms. The predicted octanol–water partition coefficient (Wildman–Crippen LogP) is 2.61. The fourth-order valence-corrected chi connectivity index (χ4v) is 3.52. The molecule has 0 spiro atoms. The van der Waals surface area contributed by atoms with Crippen molar-refractivity contribution in [3.8, 4) is 5.75 Å². The van der Waals surface area contributed by atoms with Gasteiger partial charge in [-0.2, -0.15) is 18.6 Å². The van der Waals surface area contributed by atoms with Crippen LogP contribution < -0.4 is 9.61 Å². The molecule has 1 amide bonds. The van der Waals surface area contributed by atoms with Gasteiger partial charge in [0.15, 0.2) is 5.75 Å². The third kappa shape index (κ3) is 4.38. The first-order chi connectivity index (χ1) is 13.4. The van der Waals surface area contributed by atoms with E-state index in [-0.39, 0.29) is 21.4 Å². The van der Waals surface area contributed by atoms with Crippen molar-refractivity contribution in [2.24, 2.45) is 12.1 Å². The van der Waals surface area contributed by atoms with E-state index in [2.05, 4.69) is 15.6 Å². The van der Waals surface area contributed by atoms with Crippen molar-refractivity contribution >= 4 is 33.8 Å². The van der Waals surface area contributed by atoms with Crippen LogP contribution in [0, 0.1) is 0 Å². The fraction of sp³-hybridized carbons (Fsp3) is 0.0556. The van der Waals surface area contributed by atoms with Crippen molar-refractivity contribution in [2.75, 3.05) is 0 Å². The van der Waals surface area contributed by atoms with Crippen molar-refractivity contribution in [1.29, 1.82) is 0 Å². The molecule has 0 aliphatic rings. The van der Waals surface area contributed by atoms with E-state index in [9.17, 15) is 13.2 Å². The van der Waals surface area contributed by atoms with E-state index in [1.54, 1.807) is 43.4 Å². The maximum absolute atomic E-state index is 12.4. The summed E-state index contributed by atoms with van der Waals surface area (Å²) in [5, 5.41) is 7.90. The van der Waals surface area contributed by atoms with Crippen LogP contribution in [0.5, 0.6) is 5.75 Å². The summed E-state index contributed by atoms with van der Waals surface area (Å²) in [6.45, 7) is 0. The first-order valence-corrected chi connectivity index (χ1v) is 9.76. The van der Waals surface area contributed by atoms with Gasteiger partial charge in [-0.3, -0.25) is 9.48 Å². The van der Waals surface area contributed by atoms with Crippen LogP contribution >= 0.6 is 11.6 Å². The Hall–Kier alpha value is -3.17. The van der Waals surface area contributed by atoms with E-state index in [0.717, 1.165) is 0 Å². The molecule has 0 fully saturated rings. The third-order valence-corrected chi connectivity index (χ3v) is 5.15. The second-order valence-corrected chi connectivity index (χ2v) is 7.51. The van der Waals surface area contributed by atoms with E-state index in [1.807, 2.05) is 0 Å². The summed E-state index contributed by atoms with van der Waals surface area (Å²) >= 11 is 5.91. The van der Waals surface area contributed by atoms with Crippen molar-refractivity contribution < 1.29 is 17.4 Å². The molecule has 0 saturated carbocycles. The van der Waals surface area contributed by atoms with Gasteiger partial charge in [0.25, 0.3) is 5.91 Å². The molecule has 1 N–H and O–H groups in total. The standard InChI is InChI=1S/C18H15ClN4O4S/c1-23-17(15(19)12-21-23)18(24)22-20-11-13-7-5-6-10-16(13)27-28(25,26)14-8-3-2-4-9-14/h2-12H,1H3,(H,22,24)/b20-11+. The quantitative estimate of drug-likeness (QED) is 0.376. The van der Waals surface area contributed by atoms with Crippen LogP contribution in [0.25, 0.3) is 0 Å². The lowest BCUT2D eigenvalue weighted by atomic mass is 10.2. The number of rotatable bonds is 6. The number of carbonyl (C=O) groups excluding carboxylic acids is 1. The maximum atomic E-state index is 12.4. The van der Waals surface area contributed by atoms with Crippen LogP contribution in [0.4, 0.5) is 0 Å². The van der Waals surface area contributed by atoms with Gasteiger partial charge in [-0.1, -0.05) is 41.9 Å². The van der Waals surface area contributed by atoms with Gasteiger partial charge in [0, 0.05) is 12.6 Å². The van der Waals surface area contributed by atoms with Crippen molar-refractivity contribution in [1.82, 2.24) is 15.2 Å². The molecule has 1 heterocycles. The number of aromatic nitrogens is 2. The molecule has 0 saturated heterocycles. The lowest BCUT2D eigenvalue weighted by Gasteiger charge is -2.09. The molecule has 0 aliphatic heterocycles. The van der Waals surface area contributed by atoms with Gasteiger partial charge in [0.05, 0.1) is 17.4 Å². The molecule has 10 heteroatoms. The number of halogens is 1. The van der Waals surface area contributed by atoms with Gasteiger partial charge >= 0.3 is 10.1 Å². The monoisotopic (exact) mass is 418 g/mol. The van der Waals surface area contributed by atoms with Crippen LogP contribution in [0.1, 0.15) is 16.1 Å². The second-order valence-electron chi connectivity index (χ2n) is 5.55. The Morgan fingerprint density at radius 3 is 2.54 bits per heavy atom. The first kappa shape index (κ1) is 19.6. The molecule has 0 aliphatic carbocycles. The molecule has 0 atom stereocenters. The van der Waals surface area contributed by atoms with E-state index >= 15 is 0 Å². The molecule has 0 unspecified atom stereocenters. The Labute approximate surface area is 166 Å². The van der Waals surface area contributed by atoms with E-state index in [0.29, 0.717) is 5.56 Å². The predicted molar refractivity (Wildman–Crippen MR) is 104 cm³/mol. The largest absolute Gasteiger partial charge is 0.378 e. The highest BCUT2D eigenvalue weighted by molar-refractivity contribution is 7.87. The van der Waals surface area contributed by atoms with Crippen molar-refractivity contribution in [3.63, 3.8) is 0 Å². The Morgan fingerprint density at radius 2 is 1.86 bits per heavy atom. The average molecular weight is 419 g/mol. The van der Waals surface area contributed by atoms with Gasteiger partial charge < -0.3 is 4.18 Å². The van der Waals surface area contributed by atoms with Gasteiger partial charge in [0.1, 0.15) is 10.6 Å². The molecule has 144 valence electrons. The number of benzene rings is 2. The molecule has 0 radical (unpaired) electrons. The van der Waals surface area contributed by atoms with Crippen LogP contribution in [-0.4, -0.2) is 30.3 Å². The van der Waals surface area contributed by atoms with Gasteiger partial charge in [0.2, 0.25) is 0 Å². The minimum atomic E-state index is -4.00. The van der Waals surface area contributed by atoms with Crippen LogP contribution in [-0.2, 0) is 17.2 Å². The van der Waals surface area contributed by atoms with Crippen LogP contribution in [0.15, 0.2) is 70.8 Å². The number of hydrazone groups is 1. The molecular weight excluding hydrogens is 404 g/mol. The topological polar surface area (TPSA) is 103 Å². The number of hydrogen-bond acceptors (Lipinski definition) is 6. The first-order valence-electron chi connectivity index (χ1n) is 7.98. The molecule has 3 aromatic rings. The number of para-hydroxylation sites is 1. The highest BCUT2D eigenvalue weighted by Crippen LogP contribution is 2.21. The Bertz CT molecular complexity index is 1110.